The maximum atomic E-state index is 4.22. The normalized spacial score (nSPS) is 11.7. The molecular formula is C14H21N5S. The molecule has 0 aliphatic rings. The Morgan fingerprint density at radius 2 is 2.25 bits per heavy atom. The van der Waals surface area contributed by atoms with Crippen LogP contribution < -0.4 is 10.6 Å². The molecule has 6 heteroatoms. The minimum absolute atomic E-state index is 0.811. The number of aromatic nitrogens is 2. The number of nitrogens with one attached hydrogen (secondary N) is 2. The van der Waals surface area contributed by atoms with E-state index in [1.807, 2.05) is 35.5 Å². The maximum Gasteiger partial charge on any atom is 0.191 e. The molecule has 2 aromatic rings. The second kappa shape index (κ2) is 7.09. The Kier molecular flexibility index (Phi) is 5.17. The molecule has 20 heavy (non-hydrogen) atoms. The highest BCUT2D eigenvalue weighted by molar-refractivity contribution is 7.11. The van der Waals surface area contributed by atoms with Gasteiger partial charge < -0.3 is 10.6 Å². The van der Waals surface area contributed by atoms with Gasteiger partial charge in [0.15, 0.2) is 5.96 Å². The highest BCUT2D eigenvalue weighted by Gasteiger charge is 2.01. The predicted molar refractivity (Wildman–Crippen MR) is 84.2 cm³/mol. The van der Waals surface area contributed by atoms with Crippen molar-refractivity contribution in [2.45, 2.75) is 19.9 Å². The van der Waals surface area contributed by atoms with E-state index in [4.69, 9.17) is 0 Å². The molecule has 0 aliphatic carbocycles. The fraction of sp³-hybridized carbons (Fsp3) is 0.429. The fourth-order valence-corrected chi connectivity index (χ4v) is 2.73. The minimum Gasteiger partial charge on any atom is -0.356 e. The summed E-state index contributed by atoms with van der Waals surface area (Å²) >= 11 is 1.81. The Morgan fingerprint density at radius 3 is 2.85 bits per heavy atom. The van der Waals surface area contributed by atoms with Gasteiger partial charge in [-0.25, -0.2) is 0 Å². The third-order valence-electron chi connectivity index (χ3n) is 2.91. The SMILES string of the molecule is CN=C(NCCc1cnn(C)c1)NCc1ccc(C)s1. The van der Waals surface area contributed by atoms with Crippen LogP contribution >= 0.6 is 11.3 Å². The standard InChI is InChI=1S/C14H21N5S/c1-11-4-5-13(20-11)9-17-14(15-2)16-7-6-12-8-18-19(3)10-12/h4-5,8,10H,6-7,9H2,1-3H3,(H2,15,16,17). The quantitative estimate of drug-likeness (QED) is 0.651. The Balaban J connectivity index is 1.72. The van der Waals surface area contributed by atoms with Gasteiger partial charge in [-0.3, -0.25) is 9.67 Å². The van der Waals surface area contributed by atoms with Gasteiger partial charge in [0, 0.05) is 36.6 Å². The van der Waals surface area contributed by atoms with Gasteiger partial charge in [0.2, 0.25) is 0 Å². The Morgan fingerprint density at radius 1 is 1.40 bits per heavy atom. The van der Waals surface area contributed by atoms with Crippen molar-refractivity contribution in [1.82, 2.24) is 20.4 Å². The summed E-state index contributed by atoms with van der Waals surface area (Å²) < 4.78 is 1.82. The van der Waals surface area contributed by atoms with Crippen LogP contribution in [0.1, 0.15) is 15.3 Å². The van der Waals surface area contributed by atoms with E-state index in [1.165, 1.54) is 15.3 Å². The van der Waals surface area contributed by atoms with Gasteiger partial charge in [-0.15, -0.1) is 11.3 Å². The van der Waals surface area contributed by atoms with Gasteiger partial charge in [0.05, 0.1) is 12.7 Å². The largest absolute Gasteiger partial charge is 0.356 e. The molecule has 0 amide bonds. The van der Waals surface area contributed by atoms with Crippen molar-refractivity contribution in [2.75, 3.05) is 13.6 Å². The third-order valence-corrected chi connectivity index (χ3v) is 3.91. The summed E-state index contributed by atoms with van der Waals surface area (Å²) in [7, 11) is 3.72. The summed E-state index contributed by atoms with van der Waals surface area (Å²) in [5, 5.41) is 10.8. The van der Waals surface area contributed by atoms with Crippen molar-refractivity contribution >= 4 is 17.3 Å². The van der Waals surface area contributed by atoms with Crippen molar-refractivity contribution in [1.29, 1.82) is 0 Å². The van der Waals surface area contributed by atoms with E-state index in [-0.39, 0.29) is 0 Å². The van der Waals surface area contributed by atoms with Gasteiger partial charge in [-0.1, -0.05) is 0 Å². The molecule has 0 bridgehead atoms. The summed E-state index contributed by atoms with van der Waals surface area (Å²) in [4.78, 5) is 6.88. The molecule has 108 valence electrons. The first-order chi connectivity index (χ1) is 9.67. The van der Waals surface area contributed by atoms with E-state index in [0.29, 0.717) is 0 Å². The first-order valence-corrected chi connectivity index (χ1v) is 7.46. The Labute approximate surface area is 123 Å². The van der Waals surface area contributed by atoms with E-state index in [9.17, 15) is 0 Å². The molecule has 2 aromatic heterocycles. The number of nitrogens with zero attached hydrogens (tertiary/aromatic N) is 3. The number of hydrogen-bond donors (Lipinski definition) is 2. The first-order valence-electron chi connectivity index (χ1n) is 6.64. The van der Waals surface area contributed by atoms with E-state index in [2.05, 4.69) is 39.8 Å². The van der Waals surface area contributed by atoms with Crippen LogP contribution in [0.4, 0.5) is 0 Å². The number of thiophene rings is 1. The van der Waals surface area contributed by atoms with Crippen LogP contribution in [0.3, 0.4) is 0 Å². The number of hydrogen-bond acceptors (Lipinski definition) is 3. The molecule has 5 nitrogen and oxygen atoms in total. The second-order valence-electron chi connectivity index (χ2n) is 4.64. The van der Waals surface area contributed by atoms with Crippen LogP contribution in [0, 0.1) is 6.92 Å². The molecule has 0 radical (unpaired) electrons. The monoisotopic (exact) mass is 291 g/mol. The predicted octanol–water partition coefficient (Wildman–Crippen LogP) is 1.70. The highest BCUT2D eigenvalue weighted by Crippen LogP contribution is 2.14. The second-order valence-corrected chi connectivity index (χ2v) is 6.01. The van der Waals surface area contributed by atoms with Gasteiger partial charge in [0.1, 0.15) is 0 Å². The van der Waals surface area contributed by atoms with Gasteiger partial charge in [-0.05, 0) is 31.0 Å². The van der Waals surface area contributed by atoms with Crippen LogP contribution in [0.25, 0.3) is 0 Å². The lowest BCUT2D eigenvalue weighted by molar-refractivity contribution is 0.765. The lowest BCUT2D eigenvalue weighted by Crippen LogP contribution is -2.37. The molecular weight excluding hydrogens is 270 g/mol. The average molecular weight is 291 g/mol. The van der Waals surface area contributed by atoms with Crippen molar-refractivity contribution in [2.24, 2.45) is 12.0 Å². The summed E-state index contributed by atoms with van der Waals surface area (Å²) in [6, 6.07) is 4.29. The summed E-state index contributed by atoms with van der Waals surface area (Å²) in [6.07, 6.45) is 4.87. The van der Waals surface area contributed by atoms with Gasteiger partial charge >= 0.3 is 0 Å². The molecule has 0 saturated carbocycles. The van der Waals surface area contributed by atoms with E-state index in [0.717, 1.165) is 25.5 Å². The van der Waals surface area contributed by atoms with Crippen LogP contribution in [-0.2, 0) is 20.0 Å². The molecule has 2 N–H and O–H groups in total. The molecule has 0 saturated heterocycles. The number of aryl methyl sites for hydroxylation is 2. The van der Waals surface area contributed by atoms with Gasteiger partial charge in [0.25, 0.3) is 0 Å². The maximum absolute atomic E-state index is 4.22. The van der Waals surface area contributed by atoms with Crippen LogP contribution in [-0.4, -0.2) is 29.3 Å². The molecule has 0 aromatic carbocycles. The van der Waals surface area contributed by atoms with Crippen LogP contribution in [0.5, 0.6) is 0 Å². The average Bonchev–Trinajstić information content (AvgIpc) is 3.02. The lowest BCUT2D eigenvalue weighted by atomic mass is 10.2. The lowest BCUT2D eigenvalue weighted by Gasteiger charge is -2.10. The molecule has 0 fully saturated rings. The van der Waals surface area contributed by atoms with Crippen LogP contribution in [0.2, 0.25) is 0 Å². The van der Waals surface area contributed by atoms with Crippen molar-refractivity contribution < 1.29 is 0 Å². The molecule has 0 spiro atoms. The Bertz CT molecular complexity index is 570. The molecule has 0 unspecified atom stereocenters. The summed E-state index contributed by atoms with van der Waals surface area (Å²) in [5.74, 6) is 0.833. The molecule has 2 heterocycles. The number of aliphatic imine (C=N–C) groups is 1. The fourth-order valence-electron chi connectivity index (χ4n) is 1.90. The number of rotatable bonds is 5. The van der Waals surface area contributed by atoms with Crippen LogP contribution in [0.15, 0.2) is 29.5 Å². The molecule has 2 rings (SSSR count). The Hall–Kier alpha value is -1.82. The third kappa shape index (κ3) is 4.38. The van der Waals surface area contributed by atoms with E-state index in [1.54, 1.807) is 7.05 Å². The molecule has 0 aliphatic heterocycles. The number of guanidine groups is 1. The zero-order valence-corrected chi connectivity index (χ0v) is 13.0. The van der Waals surface area contributed by atoms with Gasteiger partial charge in [-0.2, -0.15) is 5.10 Å². The zero-order chi connectivity index (χ0) is 14.4. The van der Waals surface area contributed by atoms with E-state index < -0.39 is 0 Å². The minimum atomic E-state index is 0.811. The van der Waals surface area contributed by atoms with E-state index >= 15 is 0 Å². The van der Waals surface area contributed by atoms with Crippen molar-refractivity contribution in [3.63, 3.8) is 0 Å². The topological polar surface area (TPSA) is 54.2 Å². The van der Waals surface area contributed by atoms with Crippen molar-refractivity contribution in [3.8, 4) is 0 Å². The summed E-state index contributed by atoms with van der Waals surface area (Å²) in [5.41, 5.74) is 1.23. The smallest absolute Gasteiger partial charge is 0.191 e. The summed E-state index contributed by atoms with van der Waals surface area (Å²) in [6.45, 7) is 3.77. The molecule has 0 atom stereocenters. The van der Waals surface area contributed by atoms with Crippen molar-refractivity contribution in [3.05, 3.63) is 39.8 Å². The highest BCUT2D eigenvalue weighted by atomic mass is 32.1. The first kappa shape index (κ1) is 14.6. The zero-order valence-electron chi connectivity index (χ0n) is 12.2.